The molecule has 2 aliphatic carbocycles. The van der Waals surface area contributed by atoms with Crippen LogP contribution in [0.2, 0.25) is 0 Å². The van der Waals surface area contributed by atoms with Crippen molar-refractivity contribution in [3.8, 4) is 0 Å². The van der Waals surface area contributed by atoms with Crippen molar-refractivity contribution in [2.75, 3.05) is 19.6 Å². The Hall–Kier alpha value is -5.68. The number of likely N-dealkylation sites (tertiary alicyclic amines) is 1. The minimum Gasteiger partial charge on any atom is -0.444 e. The molecule has 2 aromatic carbocycles. The number of carbonyl (C=O) groups excluding carboxylic acids is 5. The van der Waals surface area contributed by atoms with E-state index in [1.807, 2.05) is 0 Å². The van der Waals surface area contributed by atoms with Crippen LogP contribution in [0.15, 0.2) is 59.5 Å². The number of nitro groups is 1. The first-order valence-corrected chi connectivity index (χ1v) is 23.3. The van der Waals surface area contributed by atoms with Gasteiger partial charge in [-0.25, -0.2) is 30.8 Å². The van der Waals surface area contributed by atoms with E-state index in [-0.39, 0.29) is 52.0 Å². The lowest BCUT2D eigenvalue weighted by Gasteiger charge is -2.29. The lowest BCUT2D eigenvalue weighted by atomic mass is 10.1. The van der Waals surface area contributed by atoms with Crippen LogP contribution in [0.3, 0.4) is 0 Å². The normalized spacial score (nSPS) is 21.5. The quantitative estimate of drug-likeness (QED) is 0.117. The zero-order valence-corrected chi connectivity index (χ0v) is 36.4. The van der Waals surface area contributed by atoms with Gasteiger partial charge >= 0.3 is 12.2 Å². The number of hydrogen-bond acceptors (Lipinski definition) is 13. The van der Waals surface area contributed by atoms with E-state index in [0.717, 1.165) is 21.3 Å². The maximum Gasteiger partial charge on any atom is 0.410 e. The van der Waals surface area contributed by atoms with Crippen molar-refractivity contribution in [2.45, 2.75) is 106 Å². The molecule has 20 nitrogen and oxygen atoms in total. The Bertz CT molecular complexity index is 2410. The molecule has 3 fully saturated rings. The molecular weight excluding hydrogens is 870 g/mol. The van der Waals surface area contributed by atoms with E-state index in [0.29, 0.717) is 30.4 Å². The van der Waals surface area contributed by atoms with Crippen molar-refractivity contribution in [3.63, 3.8) is 0 Å². The first-order valence-electron chi connectivity index (χ1n) is 20.3. The summed E-state index contributed by atoms with van der Waals surface area (Å²) < 4.78 is 81.2. The number of fused-ring (bicyclic) bond motifs is 1. The van der Waals surface area contributed by atoms with E-state index >= 15 is 0 Å². The van der Waals surface area contributed by atoms with Gasteiger partial charge in [-0.1, -0.05) is 36.4 Å². The smallest absolute Gasteiger partial charge is 0.410 e. The standard InChI is InChI=1S/C40H50FN7O13S2/c1-40(2,3)61-38(52)43-31(37(51)47-22-26(20-33(47)35(42)49)60-39(53)45-21-25-9-6-11-30(41)29(25)23-45)12-8-18-46(63(58,59)34-14-5-4-13-32(34)48(54)55)17-7-10-24-19-28(24)36(50)44-62(56,57)27-15-16-27/h4-7,9-11,13-14,24,26-28,31,33H,8,12,15-23H2,1-3H3,(H2,42,49)(H,43,52)(H,44,50)/b10-7-/t24-,26?,28+,31+,33?/m1/s1. The highest BCUT2D eigenvalue weighted by atomic mass is 32.2. The third-order valence-electron chi connectivity index (χ3n) is 11.0. The highest BCUT2D eigenvalue weighted by molar-refractivity contribution is 7.91. The van der Waals surface area contributed by atoms with Gasteiger partial charge in [0.25, 0.3) is 5.69 Å². The summed E-state index contributed by atoms with van der Waals surface area (Å²) in [6.45, 7) is 3.77. The van der Waals surface area contributed by atoms with E-state index < -0.39 is 112 Å². The number of nitrogens with one attached hydrogen (secondary N) is 2. The number of para-hydroxylation sites is 1. The number of allylic oxidation sites excluding steroid dienone is 1. The number of amides is 5. The molecule has 2 aliphatic heterocycles. The van der Waals surface area contributed by atoms with Gasteiger partial charge in [0, 0.05) is 43.6 Å². The first-order chi connectivity index (χ1) is 29.6. The second-order valence-corrected chi connectivity index (χ2v) is 20.8. The summed E-state index contributed by atoms with van der Waals surface area (Å²) in [4.78, 5) is 78.6. The van der Waals surface area contributed by atoms with Crippen molar-refractivity contribution < 1.29 is 59.6 Å². The van der Waals surface area contributed by atoms with Crippen LogP contribution in [0.25, 0.3) is 0 Å². The maximum atomic E-state index is 14.4. The second-order valence-electron chi connectivity index (χ2n) is 17.0. The summed E-state index contributed by atoms with van der Waals surface area (Å²) in [5, 5.41) is 13.8. The van der Waals surface area contributed by atoms with Gasteiger partial charge in [0.05, 0.1) is 23.3 Å². The molecule has 63 heavy (non-hydrogen) atoms. The first kappa shape index (κ1) is 46.8. The molecule has 5 atom stereocenters. The summed E-state index contributed by atoms with van der Waals surface area (Å²) in [5.41, 5.74) is 4.95. The number of nitro benzene ring substituents is 1. The molecule has 1 saturated heterocycles. The van der Waals surface area contributed by atoms with E-state index in [9.17, 15) is 55.3 Å². The lowest BCUT2D eigenvalue weighted by Crippen LogP contribution is -2.53. The molecule has 0 radical (unpaired) electrons. The molecule has 0 aromatic heterocycles. The Morgan fingerprint density at radius 3 is 2.41 bits per heavy atom. The average molecular weight is 920 g/mol. The molecule has 6 rings (SSSR count). The number of carbonyl (C=O) groups is 5. The van der Waals surface area contributed by atoms with Crippen LogP contribution in [-0.2, 0) is 57.0 Å². The molecule has 2 heterocycles. The molecule has 23 heteroatoms. The number of primary amides is 1. The van der Waals surface area contributed by atoms with Crippen LogP contribution in [0, 0.1) is 27.8 Å². The third-order valence-corrected chi connectivity index (χ3v) is 14.7. The summed E-state index contributed by atoms with van der Waals surface area (Å²) in [5.74, 6) is -3.94. The molecule has 0 bridgehead atoms. The van der Waals surface area contributed by atoms with Crippen LogP contribution in [0.5, 0.6) is 0 Å². The van der Waals surface area contributed by atoms with Crippen molar-refractivity contribution in [1.82, 2.24) is 24.1 Å². The topological polar surface area (TPSA) is 275 Å². The average Bonchev–Trinajstić information content (AvgIpc) is 4.12. The fraction of sp³-hybridized carbons (Fsp3) is 0.525. The van der Waals surface area contributed by atoms with Crippen molar-refractivity contribution in [3.05, 3.63) is 81.7 Å². The predicted molar refractivity (Wildman–Crippen MR) is 220 cm³/mol. The second kappa shape index (κ2) is 18.6. The zero-order chi connectivity index (χ0) is 46.0. The number of nitrogens with two attached hydrogens (primary N) is 1. The monoisotopic (exact) mass is 919 g/mol. The van der Waals surface area contributed by atoms with Gasteiger partial charge in [-0.15, -0.1) is 0 Å². The Morgan fingerprint density at radius 2 is 1.76 bits per heavy atom. The van der Waals surface area contributed by atoms with E-state index in [2.05, 4.69) is 10.0 Å². The van der Waals surface area contributed by atoms with E-state index in [1.165, 1.54) is 35.2 Å². The zero-order valence-electron chi connectivity index (χ0n) is 34.8. The molecule has 5 amide bonds. The highest BCUT2D eigenvalue weighted by Gasteiger charge is 2.46. The van der Waals surface area contributed by atoms with Gasteiger partial charge in [0.15, 0.2) is 4.90 Å². The highest BCUT2D eigenvalue weighted by Crippen LogP contribution is 2.40. The number of alkyl carbamates (subject to hydrolysis) is 1. The largest absolute Gasteiger partial charge is 0.444 e. The van der Waals surface area contributed by atoms with Crippen LogP contribution in [0.1, 0.15) is 70.4 Å². The Kier molecular flexibility index (Phi) is 13.8. The number of benzene rings is 2. The number of halogens is 1. The van der Waals surface area contributed by atoms with Crippen molar-refractivity contribution in [1.29, 1.82) is 0 Å². The Labute approximate surface area is 363 Å². The summed E-state index contributed by atoms with van der Waals surface area (Å²) in [7, 11) is -8.38. The van der Waals surface area contributed by atoms with Gasteiger partial charge in [-0.05, 0) is 76.5 Å². The number of nitrogens with zero attached hydrogens (tertiary/aromatic N) is 4. The molecular formula is C40H50FN7O13S2. The third kappa shape index (κ3) is 11.5. The number of hydrogen-bond donors (Lipinski definition) is 3. The minimum atomic E-state index is -4.62. The number of rotatable bonds is 17. The molecule has 4 aliphatic rings. The van der Waals surface area contributed by atoms with Gasteiger partial charge in [-0.2, -0.15) is 4.31 Å². The van der Waals surface area contributed by atoms with E-state index in [4.69, 9.17) is 15.2 Å². The summed E-state index contributed by atoms with van der Waals surface area (Å²) >= 11 is 0. The van der Waals surface area contributed by atoms with E-state index in [1.54, 1.807) is 32.9 Å². The SMILES string of the molecule is CC(C)(C)OC(=O)N[C@@H](CCCN(C/C=C\[C@@H]1C[C@@H]1C(=O)NS(=O)(=O)C1CC1)S(=O)(=O)c1ccccc1[N+](=O)[O-])C(=O)N1CC(OC(=O)N2Cc3cccc(F)c3C2)CC1C(N)=O. The van der Waals surface area contributed by atoms with Gasteiger partial charge in [-0.3, -0.25) is 34.1 Å². The number of sulfonamides is 2. The van der Waals surface area contributed by atoms with Gasteiger partial charge in [0.2, 0.25) is 37.8 Å². The summed E-state index contributed by atoms with van der Waals surface area (Å²) in [6.07, 6.45) is 0.824. The Morgan fingerprint density at radius 1 is 1.05 bits per heavy atom. The molecule has 2 saturated carbocycles. The van der Waals surface area contributed by atoms with Crippen LogP contribution >= 0.6 is 0 Å². The fourth-order valence-electron chi connectivity index (χ4n) is 7.54. The van der Waals surface area contributed by atoms with Crippen molar-refractivity contribution >= 4 is 55.6 Å². The molecule has 342 valence electrons. The van der Waals surface area contributed by atoms with Crippen LogP contribution in [-0.4, -0.2) is 114 Å². The van der Waals surface area contributed by atoms with Gasteiger partial charge < -0.3 is 25.4 Å². The lowest BCUT2D eigenvalue weighted by molar-refractivity contribution is -0.387. The number of ether oxygens (including phenoxy) is 2. The maximum absolute atomic E-state index is 14.4. The summed E-state index contributed by atoms with van der Waals surface area (Å²) in [6, 6.07) is 6.47. The molecule has 2 aromatic rings. The minimum absolute atomic E-state index is 0.0531. The molecule has 4 N–H and O–H groups in total. The predicted octanol–water partition coefficient (Wildman–Crippen LogP) is 2.81. The van der Waals surface area contributed by atoms with Crippen molar-refractivity contribution in [2.24, 2.45) is 17.6 Å². The molecule has 2 unspecified atom stereocenters. The van der Waals surface area contributed by atoms with Crippen LogP contribution in [0.4, 0.5) is 19.7 Å². The fourth-order valence-corrected chi connectivity index (χ4v) is 10.5. The molecule has 0 spiro atoms. The van der Waals surface area contributed by atoms with Gasteiger partial charge in [0.1, 0.15) is 29.6 Å². The van der Waals surface area contributed by atoms with Crippen LogP contribution < -0.4 is 15.8 Å². The Balaban J connectivity index is 1.17.